The van der Waals surface area contributed by atoms with Gasteiger partial charge in [-0.05, 0) is 70.3 Å². The minimum atomic E-state index is -0.450. The zero-order valence-corrected chi connectivity index (χ0v) is 15.8. The fraction of sp³-hybridized carbons (Fsp3) is 0.611. The molecule has 1 unspecified atom stereocenters. The minimum Gasteiger partial charge on any atom is -0.444 e. The SMILES string of the molecule is CCN(C(=O)OC(C)(C)C)C1CCN(c2ccc(N3CS3)cc2)C1. The lowest BCUT2D eigenvalue weighted by molar-refractivity contribution is 0.0191. The number of carbonyl (C=O) groups excluding carboxylic acids is 1. The Labute approximate surface area is 149 Å². The van der Waals surface area contributed by atoms with Crippen molar-refractivity contribution in [3.05, 3.63) is 24.3 Å². The number of benzene rings is 1. The van der Waals surface area contributed by atoms with Crippen molar-refractivity contribution in [2.24, 2.45) is 0 Å². The van der Waals surface area contributed by atoms with Gasteiger partial charge in [0.2, 0.25) is 0 Å². The summed E-state index contributed by atoms with van der Waals surface area (Å²) in [4.78, 5) is 16.6. The number of carbonyl (C=O) groups is 1. The summed E-state index contributed by atoms with van der Waals surface area (Å²) in [5, 5.41) is 0. The zero-order valence-electron chi connectivity index (χ0n) is 15.0. The second kappa shape index (κ2) is 6.75. The molecule has 0 aromatic heterocycles. The van der Waals surface area contributed by atoms with Crippen molar-refractivity contribution < 1.29 is 9.53 Å². The third kappa shape index (κ3) is 4.09. The van der Waals surface area contributed by atoms with E-state index in [2.05, 4.69) is 33.5 Å². The largest absolute Gasteiger partial charge is 0.444 e. The average Bonchev–Trinajstić information content (AvgIpc) is 3.25. The summed E-state index contributed by atoms with van der Waals surface area (Å²) < 4.78 is 7.82. The highest BCUT2D eigenvalue weighted by Gasteiger charge is 2.32. The summed E-state index contributed by atoms with van der Waals surface area (Å²) in [6.45, 7) is 10.3. The van der Waals surface area contributed by atoms with Gasteiger partial charge in [-0.1, -0.05) is 0 Å². The van der Waals surface area contributed by atoms with Crippen LogP contribution in [0.2, 0.25) is 0 Å². The van der Waals surface area contributed by atoms with Gasteiger partial charge in [0.15, 0.2) is 0 Å². The second-order valence-electron chi connectivity index (χ2n) is 7.31. The van der Waals surface area contributed by atoms with Crippen LogP contribution >= 0.6 is 11.9 Å². The van der Waals surface area contributed by atoms with Crippen molar-refractivity contribution in [1.82, 2.24) is 4.90 Å². The molecule has 2 aliphatic heterocycles. The smallest absolute Gasteiger partial charge is 0.410 e. The van der Waals surface area contributed by atoms with E-state index in [-0.39, 0.29) is 12.1 Å². The number of likely N-dealkylation sites (N-methyl/N-ethyl adjacent to an activating group) is 1. The Bertz CT molecular complexity index is 581. The van der Waals surface area contributed by atoms with E-state index in [4.69, 9.17) is 4.74 Å². The molecule has 1 atom stereocenters. The van der Waals surface area contributed by atoms with E-state index >= 15 is 0 Å². The molecule has 0 bridgehead atoms. The van der Waals surface area contributed by atoms with Crippen LogP contribution in [0.25, 0.3) is 0 Å². The monoisotopic (exact) mass is 349 g/mol. The van der Waals surface area contributed by atoms with E-state index < -0.39 is 5.60 Å². The van der Waals surface area contributed by atoms with Gasteiger partial charge in [-0.3, -0.25) is 0 Å². The first-order chi connectivity index (χ1) is 11.4. The number of hydrogen-bond donors (Lipinski definition) is 0. The van der Waals surface area contributed by atoms with Crippen LogP contribution in [0.4, 0.5) is 16.2 Å². The predicted molar refractivity (Wildman–Crippen MR) is 101 cm³/mol. The van der Waals surface area contributed by atoms with E-state index in [9.17, 15) is 4.79 Å². The minimum absolute atomic E-state index is 0.203. The lowest BCUT2D eigenvalue weighted by Crippen LogP contribution is -2.44. The third-order valence-electron chi connectivity index (χ3n) is 4.33. The molecule has 0 N–H and O–H groups in total. The van der Waals surface area contributed by atoms with Crippen LogP contribution in [0, 0.1) is 0 Å². The fourth-order valence-electron chi connectivity index (χ4n) is 3.10. The summed E-state index contributed by atoms with van der Waals surface area (Å²) >= 11 is 1.84. The predicted octanol–water partition coefficient (Wildman–Crippen LogP) is 3.95. The standard InChI is InChI=1S/C18H27N3O2S/c1-5-20(17(22)23-18(2,3)4)16-10-11-19(12-16)14-6-8-15(9-7-14)21-13-24-21/h6-9,16H,5,10-13H2,1-4H3. The van der Waals surface area contributed by atoms with Crippen molar-refractivity contribution in [3.8, 4) is 0 Å². The summed E-state index contributed by atoms with van der Waals surface area (Å²) in [5.41, 5.74) is 2.05. The molecule has 2 aliphatic rings. The summed E-state index contributed by atoms with van der Waals surface area (Å²) in [7, 11) is 0. The number of ether oxygens (including phenoxy) is 1. The highest BCUT2D eigenvalue weighted by atomic mass is 32.2. The molecule has 0 aliphatic carbocycles. The molecule has 0 saturated carbocycles. The number of rotatable bonds is 4. The molecular weight excluding hydrogens is 322 g/mol. The van der Waals surface area contributed by atoms with E-state index in [0.29, 0.717) is 6.54 Å². The van der Waals surface area contributed by atoms with E-state index in [1.54, 1.807) is 0 Å². The van der Waals surface area contributed by atoms with Crippen molar-refractivity contribution >= 4 is 29.4 Å². The Morgan fingerprint density at radius 2 is 1.92 bits per heavy atom. The molecule has 0 radical (unpaired) electrons. The molecule has 24 heavy (non-hydrogen) atoms. The van der Waals surface area contributed by atoms with Gasteiger partial charge in [-0.25, -0.2) is 4.79 Å². The number of hydrogen-bond acceptors (Lipinski definition) is 5. The maximum Gasteiger partial charge on any atom is 0.410 e. The van der Waals surface area contributed by atoms with Gasteiger partial charge in [0, 0.05) is 31.0 Å². The molecule has 2 saturated heterocycles. The maximum atomic E-state index is 12.4. The molecule has 6 heteroatoms. The average molecular weight is 350 g/mol. The highest BCUT2D eigenvalue weighted by molar-refractivity contribution is 8.07. The number of nitrogens with zero attached hydrogens (tertiary/aromatic N) is 3. The molecule has 5 nitrogen and oxygen atoms in total. The van der Waals surface area contributed by atoms with E-state index in [0.717, 1.165) is 25.4 Å². The molecule has 132 valence electrons. The third-order valence-corrected chi connectivity index (χ3v) is 5.06. The second-order valence-corrected chi connectivity index (χ2v) is 8.27. The van der Waals surface area contributed by atoms with Crippen LogP contribution in [0.5, 0.6) is 0 Å². The first-order valence-corrected chi connectivity index (χ1v) is 9.57. The highest BCUT2D eigenvalue weighted by Crippen LogP contribution is 2.36. The van der Waals surface area contributed by atoms with Crippen LogP contribution in [0.3, 0.4) is 0 Å². The van der Waals surface area contributed by atoms with Crippen LogP contribution in [-0.2, 0) is 4.74 Å². The van der Waals surface area contributed by atoms with Crippen molar-refractivity contribution in [2.45, 2.75) is 45.8 Å². The first kappa shape index (κ1) is 17.3. The molecular formula is C18H27N3O2S. The summed E-state index contributed by atoms with van der Waals surface area (Å²) in [6.07, 6.45) is 0.780. The lowest BCUT2D eigenvalue weighted by Gasteiger charge is -2.31. The van der Waals surface area contributed by atoms with Crippen LogP contribution in [0.1, 0.15) is 34.1 Å². The van der Waals surface area contributed by atoms with Gasteiger partial charge in [-0.2, -0.15) is 0 Å². The van der Waals surface area contributed by atoms with Crippen molar-refractivity contribution in [2.75, 3.05) is 34.7 Å². The number of amides is 1. The van der Waals surface area contributed by atoms with Crippen molar-refractivity contribution in [3.63, 3.8) is 0 Å². The Kier molecular flexibility index (Phi) is 4.85. The molecule has 0 spiro atoms. The molecule has 3 rings (SSSR count). The normalized spacial score (nSPS) is 20.2. The van der Waals surface area contributed by atoms with Crippen LogP contribution < -0.4 is 9.21 Å². The van der Waals surface area contributed by atoms with Crippen molar-refractivity contribution in [1.29, 1.82) is 0 Å². The van der Waals surface area contributed by atoms with Gasteiger partial charge in [0.25, 0.3) is 0 Å². The molecule has 2 fully saturated rings. The van der Waals surface area contributed by atoms with E-state index in [1.165, 1.54) is 11.4 Å². The van der Waals surface area contributed by atoms with Gasteiger partial charge < -0.3 is 18.8 Å². The molecule has 1 aromatic rings. The van der Waals surface area contributed by atoms with Crippen LogP contribution in [-0.4, -0.2) is 48.1 Å². The zero-order chi connectivity index (χ0) is 17.3. The van der Waals surface area contributed by atoms with Crippen LogP contribution in [0.15, 0.2) is 24.3 Å². The lowest BCUT2D eigenvalue weighted by atomic mass is 10.2. The topological polar surface area (TPSA) is 35.8 Å². The number of anilines is 2. The van der Waals surface area contributed by atoms with E-state index in [1.807, 2.05) is 44.5 Å². The first-order valence-electron chi connectivity index (χ1n) is 8.62. The van der Waals surface area contributed by atoms with Gasteiger partial charge >= 0.3 is 6.09 Å². The molecule has 1 amide bonds. The Morgan fingerprint density at radius 3 is 2.46 bits per heavy atom. The molecule has 1 aromatic carbocycles. The van der Waals surface area contributed by atoms with Gasteiger partial charge in [-0.15, -0.1) is 0 Å². The summed E-state index contributed by atoms with van der Waals surface area (Å²) in [5.74, 6) is 1.09. The summed E-state index contributed by atoms with van der Waals surface area (Å²) in [6, 6.07) is 8.93. The Hall–Kier alpha value is -1.56. The fourth-order valence-corrected chi connectivity index (χ4v) is 3.57. The van der Waals surface area contributed by atoms with Gasteiger partial charge in [0.05, 0.1) is 11.9 Å². The Balaban J connectivity index is 1.61. The Morgan fingerprint density at radius 1 is 1.29 bits per heavy atom. The quantitative estimate of drug-likeness (QED) is 0.608. The maximum absolute atomic E-state index is 12.4. The molecule has 2 heterocycles. The van der Waals surface area contributed by atoms with Gasteiger partial charge in [0.1, 0.15) is 5.60 Å².